The average molecular weight is 606 g/mol. The Labute approximate surface area is 241 Å². The summed E-state index contributed by atoms with van der Waals surface area (Å²) < 4.78 is 74.1. The third kappa shape index (κ3) is 7.63. The van der Waals surface area contributed by atoms with Crippen molar-refractivity contribution in [1.29, 1.82) is 0 Å². The van der Waals surface area contributed by atoms with E-state index < -0.39 is 25.3 Å². The zero-order chi connectivity index (χ0) is 29.6. The molecule has 14 heteroatoms. The summed E-state index contributed by atoms with van der Waals surface area (Å²) in [5, 5.41) is -0.722. The van der Waals surface area contributed by atoms with Gasteiger partial charge in [-0.05, 0) is 56.9 Å². The number of benzene rings is 1. The summed E-state index contributed by atoms with van der Waals surface area (Å²) in [6.07, 6.45) is 4.35. The summed E-state index contributed by atoms with van der Waals surface area (Å²) in [6, 6.07) is 10.2. The Balaban J connectivity index is 1.75. The maximum atomic E-state index is 13.6. The van der Waals surface area contributed by atoms with Crippen molar-refractivity contribution in [3.05, 3.63) is 54.0 Å². The smallest absolute Gasteiger partial charge is 0.280 e. The van der Waals surface area contributed by atoms with Crippen LogP contribution in [0.5, 0.6) is 23.1 Å². The lowest BCUT2D eigenvalue weighted by molar-refractivity contribution is 0.290. The van der Waals surface area contributed by atoms with Gasteiger partial charge in [-0.25, -0.2) is 23.1 Å². The molecule has 2 N–H and O–H groups in total. The van der Waals surface area contributed by atoms with Gasteiger partial charge in [-0.15, -0.1) is 0 Å². The van der Waals surface area contributed by atoms with Crippen LogP contribution in [-0.4, -0.2) is 57.3 Å². The van der Waals surface area contributed by atoms with Gasteiger partial charge in [0, 0.05) is 18.7 Å². The fourth-order valence-electron chi connectivity index (χ4n) is 3.84. The van der Waals surface area contributed by atoms with Gasteiger partial charge in [0.15, 0.2) is 22.3 Å². The van der Waals surface area contributed by atoms with Gasteiger partial charge in [-0.1, -0.05) is 31.5 Å². The van der Waals surface area contributed by atoms with Gasteiger partial charge < -0.3 is 14.2 Å². The van der Waals surface area contributed by atoms with Crippen LogP contribution < -0.4 is 23.7 Å². The van der Waals surface area contributed by atoms with E-state index in [0.717, 1.165) is 19.3 Å². The third-order valence-electron chi connectivity index (χ3n) is 6.19. The fraction of sp³-hybridized carbons (Fsp3) is 0.444. The van der Waals surface area contributed by atoms with Gasteiger partial charge in [0.1, 0.15) is 12.4 Å². The van der Waals surface area contributed by atoms with E-state index in [0.29, 0.717) is 23.6 Å². The number of rotatable bonds is 15. The van der Waals surface area contributed by atoms with Crippen LogP contribution >= 0.6 is 0 Å². The Morgan fingerprint density at radius 2 is 1.76 bits per heavy atom. The molecule has 12 nitrogen and oxygen atoms in total. The Morgan fingerprint density at radius 1 is 1.02 bits per heavy atom. The highest BCUT2D eigenvalue weighted by molar-refractivity contribution is 7.92. The number of hydrogen-bond acceptors (Lipinski definition) is 10. The summed E-state index contributed by atoms with van der Waals surface area (Å²) in [5.74, 6) is 0.824. The van der Waals surface area contributed by atoms with Gasteiger partial charge in [-0.2, -0.15) is 13.4 Å². The average Bonchev–Trinajstić information content (AvgIpc) is 3.78. The lowest BCUT2D eigenvalue weighted by Crippen LogP contribution is -2.33. The topological polar surface area (TPSA) is 159 Å². The van der Waals surface area contributed by atoms with Crippen molar-refractivity contribution in [2.75, 3.05) is 25.0 Å². The highest BCUT2D eigenvalue weighted by Crippen LogP contribution is 2.45. The minimum absolute atomic E-state index is 0.0332. The van der Waals surface area contributed by atoms with E-state index in [4.69, 9.17) is 14.2 Å². The first-order chi connectivity index (χ1) is 19.6. The molecule has 2 heterocycles. The first kappa shape index (κ1) is 30.5. The molecule has 0 bridgehead atoms. The summed E-state index contributed by atoms with van der Waals surface area (Å²) in [4.78, 5) is 13.2. The molecule has 1 aliphatic carbocycles. The largest absolute Gasteiger partial charge is 0.493 e. The molecule has 0 aliphatic heterocycles. The summed E-state index contributed by atoms with van der Waals surface area (Å²) >= 11 is 0. The normalized spacial score (nSPS) is 13.7. The lowest BCUT2D eigenvalue weighted by Gasteiger charge is -2.19. The first-order valence-electron chi connectivity index (χ1n) is 13.4. The number of nitrogens with zero attached hydrogens (tertiary/aromatic N) is 3. The molecule has 0 radical (unpaired) electrons. The van der Waals surface area contributed by atoms with E-state index >= 15 is 0 Å². The fourth-order valence-corrected chi connectivity index (χ4v) is 5.75. The molecule has 0 saturated heterocycles. The number of anilines is 1. The lowest BCUT2D eigenvalue weighted by atomic mass is 10.2. The number of methoxy groups -OCH3 is 1. The van der Waals surface area contributed by atoms with Crippen molar-refractivity contribution in [2.45, 2.75) is 62.6 Å². The van der Waals surface area contributed by atoms with Gasteiger partial charge in [-0.3, -0.25) is 4.72 Å². The highest BCUT2D eigenvalue weighted by Gasteiger charge is 2.32. The van der Waals surface area contributed by atoms with E-state index in [9.17, 15) is 16.8 Å². The molecule has 1 fully saturated rings. The minimum atomic E-state index is -4.20. The summed E-state index contributed by atoms with van der Waals surface area (Å²) in [5.41, 5.74) is 0.570. The van der Waals surface area contributed by atoms with Crippen molar-refractivity contribution >= 4 is 25.9 Å². The van der Waals surface area contributed by atoms with Crippen molar-refractivity contribution in [2.24, 2.45) is 0 Å². The molecule has 2 aromatic heterocycles. The standard InChI is InChI=1S/C27H35N5O7S2/c1-5-9-20-10-8-15-28-27(20)41(35,36)32-25-23(39-22-12-7-6-11-21(22)37-4)26(31-24(30-25)19-13-14-19)38-17-16-29-40(33,34)18(2)3/h6-8,10-12,15,18-19,29H,5,9,13-14,16-17H2,1-4H3,(H,30,31,32). The number of sulfonamides is 2. The van der Waals surface area contributed by atoms with Crippen LogP contribution in [0.25, 0.3) is 0 Å². The molecule has 1 saturated carbocycles. The Morgan fingerprint density at radius 3 is 2.41 bits per heavy atom. The van der Waals surface area contributed by atoms with Gasteiger partial charge in [0.25, 0.3) is 15.9 Å². The molecular weight excluding hydrogens is 570 g/mol. The number of aryl methyl sites for hydroxylation is 1. The van der Waals surface area contributed by atoms with E-state index in [1.54, 1.807) is 50.2 Å². The van der Waals surface area contributed by atoms with Crippen LogP contribution in [0.4, 0.5) is 5.82 Å². The highest BCUT2D eigenvalue weighted by atomic mass is 32.2. The number of hydrogen-bond donors (Lipinski definition) is 2. The molecule has 3 aromatic rings. The number of aromatic nitrogens is 3. The van der Waals surface area contributed by atoms with Crippen LogP contribution in [0.1, 0.15) is 57.3 Å². The Hall–Kier alpha value is -3.49. The molecule has 1 aromatic carbocycles. The number of nitrogens with one attached hydrogen (secondary N) is 2. The van der Waals surface area contributed by atoms with Crippen LogP contribution in [0.2, 0.25) is 0 Å². The number of ether oxygens (including phenoxy) is 3. The van der Waals surface area contributed by atoms with Crippen LogP contribution in [0.15, 0.2) is 47.6 Å². The predicted molar refractivity (Wildman–Crippen MR) is 154 cm³/mol. The monoisotopic (exact) mass is 605 g/mol. The molecule has 41 heavy (non-hydrogen) atoms. The maximum absolute atomic E-state index is 13.6. The van der Waals surface area contributed by atoms with Gasteiger partial charge in [0.05, 0.1) is 12.4 Å². The molecule has 222 valence electrons. The SMILES string of the molecule is CCCc1cccnc1S(=O)(=O)Nc1nc(C2CC2)nc(OCCNS(=O)(=O)C(C)C)c1Oc1ccccc1OC. The zero-order valence-electron chi connectivity index (χ0n) is 23.5. The van der Waals surface area contributed by atoms with Crippen molar-refractivity contribution in [3.8, 4) is 23.1 Å². The molecule has 0 atom stereocenters. The van der Waals surface area contributed by atoms with Crippen molar-refractivity contribution in [1.82, 2.24) is 19.7 Å². The molecular formula is C27H35N5O7S2. The number of pyridine rings is 1. The number of para-hydroxylation sites is 2. The first-order valence-corrected chi connectivity index (χ1v) is 16.4. The Bertz CT molecular complexity index is 1580. The molecule has 0 amide bonds. The quantitative estimate of drug-likeness (QED) is 0.242. The predicted octanol–water partition coefficient (Wildman–Crippen LogP) is 4.01. The third-order valence-corrected chi connectivity index (χ3v) is 9.38. The van der Waals surface area contributed by atoms with Crippen LogP contribution in [0.3, 0.4) is 0 Å². The van der Waals surface area contributed by atoms with Crippen molar-refractivity contribution < 1.29 is 31.0 Å². The van der Waals surface area contributed by atoms with Gasteiger partial charge in [0.2, 0.25) is 15.8 Å². The Kier molecular flexibility index (Phi) is 9.66. The van der Waals surface area contributed by atoms with E-state index in [1.807, 2.05) is 6.92 Å². The van der Waals surface area contributed by atoms with Crippen LogP contribution in [0, 0.1) is 0 Å². The molecule has 0 unspecified atom stereocenters. The summed E-state index contributed by atoms with van der Waals surface area (Å²) in [7, 11) is -6.23. The summed E-state index contributed by atoms with van der Waals surface area (Å²) in [6.45, 7) is 4.96. The van der Waals surface area contributed by atoms with Gasteiger partial charge >= 0.3 is 0 Å². The molecule has 4 rings (SSSR count). The molecule has 0 spiro atoms. The minimum Gasteiger partial charge on any atom is -0.493 e. The van der Waals surface area contributed by atoms with Crippen LogP contribution in [-0.2, 0) is 26.5 Å². The van der Waals surface area contributed by atoms with E-state index in [2.05, 4.69) is 24.4 Å². The van der Waals surface area contributed by atoms with Crippen molar-refractivity contribution in [3.63, 3.8) is 0 Å². The maximum Gasteiger partial charge on any atom is 0.280 e. The second-order valence-electron chi connectivity index (χ2n) is 9.75. The van der Waals surface area contributed by atoms with E-state index in [-0.39, 0.29) is 47.3 Å². The zero-order valence-corrected chi connectivity index (χ0v) is 25.1. The second-order valence-corrected chi connectivity index (χ2v) is 13.7. The second kappa shape index (κ2) is 13.0. The van der Waals surface area contributed by atoms with E-state index in [1.165, 1.54) is 13.3 Å². The molecule has 1 aliphatic rings.